The van der Waals surface area contributed by atoms with Crippen LogP contribution in [-0.2, 0) is 21.5 Å². The summed E-state index contributed by atoms with van der Waals surface area (Å²) in [4.78, 5) is 8.72. The van der Waals surface area contributed by atoms with Gasteiger partial charge in [-0.05, 0) is 25.8 Å². The van der Waals surface area contributed by atoms with Gasteiger partial charge in [-0.25, -0.2) is 4.98 Å². The van der Waals surface area contributed by atoms with Crippen LogP contribution in [-0.4, -0.2) is 53.6 Å². The summed E-state index contributed by atoms with van der Waals surface area (Å²) in [5, 5.41) is 7.92. The molecule has 8 nitrogen and oxygen atoms in total. The van der Waals surface area contributed by atoms with Crippen LogP contribution in [0.25, 0.3) is 5.78 Å². The van der Waals surface area contributed by atoms with Crippen molar-refractivity contribution in [3.05, 3.63) is 47.4 Å². The lowest BCUT2D eigenvalue weighted by Crippen LogP contribution is -2.40. The Balaban J connectivity index is 1.70. The first-order chi connectivity index (χ1) is 14.1. The highest BCUT2D eigenvalue weighted by Gasteiger charge is 2.37. The van der Waals surface area contributed by atoms with E-state index in [1.165, 1.54) is 17.5 Å². The maximum absolute atomic E-state index is 5.72. The number of anilines is 1. The van der Waals surface area contributed by atoms with Gasteiger partial charge in [0.05, 0.1) is 19.4 Å². The number of fused-ring (bicyclic) bond motifs is 1. The third-order valence-corrected chi connectivity index (χ3v) is 5.58. The molecule has 1 aliphatic rings. The zero-order valence-electron chi connectivity index (χ0n) is 17.1. The lowest BCUT2D eigenvalue weighted by Gasteiger charge is -2.39. The normalized spacial score (nSPS) is 16.1. The van der Waals surface area contributed by atoms with E-state index in [-0.39, 0.29) is 5.41 Å². The maximum Gasteiger partial charge on any atom is 0.254 e. The van der Waals surface area contributed by atoms with Crippen LogP contribution in [0, 0.1) is 6.92 Å². The van der Waals surface area contributed by atoms with Gasteiger partial charge in [-0.1, -0.05) is 17.7 Å². The van der Waals surface area contributed by atoms with Crippen LogP contribution in [0.4, 0.5) is 5.82 Å². The van der Waals surface area contributed by atoms with Crippen LogP contribution in [0.3, 0.4) is 0 Å². The van der Waals surface area contributed by atoms with Crippen LogP contribution >= 0.6 is 0 Å². The van der Waals surface area contributed by atoms with Crippen LogP contribution in [0.2, 0.25) is 0 Å². The van der Waals surface area contributed by atoms with E-state index in [0.717, 1.165) is 49.9 Å². The molecule has 29 heavy (non-hydrogen) atoms. The molecule has 1 saturated heterocycles. The third kappa shape index (κ3) is 3.90. The van der Waals surface area contributed by atoms with Crippen molar-refractivity contribution in [3.63, 3.8) is 0 Å². The molecule has 8 heteroatoms. The number of nitrogens with one attached hydrogen (secondary N) is 1. The SMILES string of the molecule is COCc1cc(NCC2(c3cc(C)ccc3OC)CCOCC2)n2ncnc2n1. The number of methoxy groups -OCH3 is 2. The molecule has 0 spiro atoms. The van der Waals surface area contributed by atoms with E-state index in [4.69, 9.17) is 14.2 Å². The molecule has 2 aromatic heterocycles. The number of hydrogen-bond donors (Lipinski definition) is 1. The van der Waals surface area contributed by atoms with Gasteiger partial charge in [-0.3, -0.25) is 0 Å². The first-order valence-electron chi connectivity index (χ1n) is 9.80. The number of ether oxygens (including phenoxy) is 3. The van der Waals surface area contributed by atoms with Crippen molar-refractivity contribution in [2.45, 2.75) is 31.8 Å². The summed E-state index contributed by atoms with van der Waals surface area (Å²) < 4.78 is 18.4. The summed E-state index contributed by atoms with van der Waals surface area (Å²) in [5.74, 6) is 2.31. The van der Waals surface area contributed by atoms with E-state index < -0.39 is 0 Å². The second-order valence-electron chi connectivity index (χ2n) is 7.49. The lowest BCUT2D eigenvalue weighted by molar-refractivity contribution is 0.0535. The Bertz CT molecular complexity index is 982. The molecular formula is C21H27N5O3. The first-order valence-corrected chi connectivity index (χ1v) is 9.80. The fourth-order valence-corrected chi connectivity index (χ4v) is 4.01. The minimum Gasteiger partial charge on any atom is -0.496 e. The maximum atomic E-state index is 5.72. The number of aromatic nitrogens is 4. The summed E-state index contributed by atoms with van der Waals surface area (Å²) in [5.41, 5.74) is 3.14. The number of aryl methyl sites for hydroxylation is 1. The summed E-state index contributed by atoms with van der Waals surface area (Å²) in [7, 11) is 3.39. The largest absolute Gasteiger partial charge is 0.496 e. The molecule has 1 aliphatic heterocycles. The van der Waals surface area contributed by atoms with Gasteiger partial charge in [-0.2, -0.15) is 14.6 Å². The number of hydrogen-bond acceptors (Lipinski definition) is 7. The quantitative estimate of drug-likeness (QED) is 0.656. The van der Waals surface area contributed by atoms with E-state index in [2.05, 4.69) is 45.5 Å². The Kier molecular flexibility index (Phi) is 5.64. The Morgan fingerprint density at radius 2 is 2.03 bits per heavy atom. The lowest BCUT2D eigenvalue weighted by atomic mass is 9.73. The highest BCUT2D eigenvalue weighted by atomic mass is 16.5. The molecule has 1 fully saturated rings. The van der Waals surface area contributed by atoms with Crippen molar-refractivity contribution in [2.24, 2.45) is 0 Å². The van der Waals surface area contributed by atoms with Gasteiger partial charge < -0.3 is 19.5 Å². The van der Waals surface area contributed by atoms with Gasteiger partial charge in [0, 0.05) is 43.9 Å². The molecule has 0 atom stereocenters. The number of nitrogens with zero attached hydrogens (tertiary/aromatic N) is 4. The Morgan fingerprint density at radius 1 is 1.21 bits per heavy atom. The monoisotopic (exact) mass is 397 g/mol. The topological polar surface area (TPSA) is 82.8 Å². The molecule has 0 unspecified atom stereocenters. The molecule has 4 rings (SSSR count). The molecule has 0 amide bonds. The van der Waals surface area contributed by atoms with Crippen molar-refractivity contribution in [1.29, 1.82) is 0 Å². The van der Waals surface area contributed by atoms with Crippen molar-refractivity contribution in [2.75, 3.05) is 39.3 Å². The predicted molar refractivity (Wildman–Crippen MR) is 109 cm³/mol. The van der Waals surface area contributed by atoms with Crippen molar-refractivity contribution in [3.8, 4) is 5.75 Å². The zero-order chi connectivity index (χ0) is 20.3. The van der Waals surface area contributed by atoms with Crippen molar-refractivity contribution >= 4 is 11.6 Å². The highest BCUT2D eigenvalue weighted by molar-refractivity contribution is 5.48. The Labute approximate surface area is 170 Å². The van der Waals surface area contributed by atoms with Gasteiger partial charge >= 0.3 is 0 Å². The van der Waals surface area contributed by atoms with Crippen LogP contribution in [0.5, 0.6) is 5.75 Å². The second-order valence-corrected chi connectivity index (χ2v) is 7.49. The zero-order valence-corrected chi connectivity index (χ0v) is 17.1. The molecule has 1 N–H and O–H groups in total. The number of benzene rings is 1. The van der Waals surface area contributed by atoms with Crippen LogP contribution in [0.15, 0.2) is 30.6 Å². The summed E-state index contributed by atoms with van der Waals surface area (Å²) >= 11 is 0. The Morgan fingerprint density at radius 3 is 2.79 bits per heavy atom. The van der Waals surface area contributed by atoms with E-state index >= 15 is 0 Å². The molecule has 1 aromatic carbocycles. The Hall–Kier alpha value is -2.71. The van der Waals surface area contributed by atoms with Gasteiger partial charge in [0.2, 0.25) is 0 Å². The van der Waals surface area contributed by atoms with E-state index in [0.29, 0.717) is 12.4 Å². The summed E-state index contributed by atoms with van der Waals surface area (Å²) in [6.07, 6.45) is 3.34. The average molecular weight is 397 g/mol. The van der Waals surface area contributed by atoms with Crippen molar-refractivity contribution < 1.29 is 14.2 Å². The average Bonchev–Trinajstić information content (AvgIpc) is 3.22. The highest BCUT2D eigenvalue weighted by Crippen LogP contribution is 2.40. The first kappa shape index (κ1) is 19.6. The van der Waals surface area contributed by atoms with Crippen LogP contribution in [0.1, 0.15) is 29.7 Å². The molecule has 0 aliphatic carbocycles. The third-order valence-electron chi connectivity index (χ3n) is 5.58. The summed E-state index contributed by atoms with van der Waals surface area (Å²) in [6.45, 7) is 4.71. The molecule has 0 radical (unpaired) electrons. The van der Waals surface area contributed by atoms with Gasteiger partial charge in [0.15, 0.2) is 0 Å². The standard InChI is InChI=1S/C21H27N5O3/c1-15-4-5-18(28-3)17(10-15)21(6-8-29-9-7-21)13-22-19-11-16(12-27-2)25-20-23-14-24-26(19)20/h4-5,10-11,14,22H,6-9,12-13H2,1-3H3. The molecule has 3 aromatic rings. The molecule has 0 bridgehead atoms. The van der Waals surface area contributed by atoms with Crippen LogP contribution < -0.4 is 10.1 Å². The van der Waals surface area contributed by atoms with Crippen molar-refractivity contribution in [1.82, 2.24) is 19.6 Å². The fourth-order valence-electron chi connectivity index (χ4n) is 4.01. The van der Waals surface area contributed by atoms with E-state index in [1.807, 2.05) is 6.07 Å². The second kappa shape index (κ2) is 8.34. The van der Waals surface area contributed by atoms with E-state index in [9.17, 15) is 0 Å². The molecule has 154 valence electrons. The smallest absolute Gasteiger partial charge is 0.254 e. The van der Waals surface area contributed by atoms with Gasteiger partial charge in [0.25, 0.3) is 5.78 Å². The molecule has 0 saturated carbocycles. The summed E-state index contributed by atoms with van der Waals surface area (Å²) in [6, 6.07) is 8.34. The minimum absolute atomic E-state index is 0.104. The van der Waals surface area contributed by atoms with E-state index in [1.54, 1.807) is 18.7 Å². The fraction of sp³-hybridized carbons (Fsp3) is 0.476. The predicted octanol–water partition coefficient (Wildman–Crippen LogP) is 2.75. The molecular weight excluding hydrogens is 370 g/mol. The number of rotatable bonds is 7. The van der Waals surface area contributed by atoms with Gasteiger partial charge in [-0.15, -0.1) is 0 Å². The minimum atomic E-state index is -0.104. The van der Waals surface area contributed by atoms with Gasteiger partial charge in [0.1, 0.15) is 17.9 Å². The molecule has 3 heterocycles.